The zero-order valence-corrected chi connectivity index (χ0v) is 12.0. The predicted molar refractivity (Wildman–Crippen MR) is 72.9 cm³/mol. The van der Waals surface area contributed by atoms with Crippen LogP contribution >= 0.6 is 11.6 Å². The zero-order valence-electron chi connectivity index (χ0n) is 11.2. The Morgan fingerprint density at radius 3 is 2.72 bits per heavy atom. The van der Waals surface area contributed by atoms with Crippen LogP contribution in [0.5, 0.6) is 0 Å². The van der Waals surface area contributed by atoms with Crippen LogP contribution < -0.4 is 0 Å². The van der Waals surface area contributed by atoms with E-state index in [1.807, 2.05) is 18.5 Å². The molecule has 1 aromatic rings. The van der Waals surface area contributed by atoms with Crippen LogP contribution in [-0.4, -0.2) is 15.6 Å². The minimum atomic E-state index is 0.308. The zero-order chi connectivity index (χ0) is 13.1. The normalized spacial score (nSPS) is 16.4. The number of aromatic nitrogens is 2. The molecule has 1 aliphatic carbocycles. The van der Waals surface area contributed by atoms with Crippen molar-refractivity contribution in [1.29, 1.82) is 0 Å². The molecule has 0 amide bonds. The van der Waals surface area contributed by atoms with Gasteiger partial charge in [0.15, 0.2) is 0 Å². The van der Waals surface area contributed by atoms with E-state index in [4.69, 9.17) is 11.6 Å². The first-order valence-corrected chi connectivity index (χ1v) is 7.25. The Bertz CT molecular complexity index is 433. The molecular weight excluding hydrogens is 248 g/mol. The summed E-state index contributed by atoms with van der Waals surface area (Å²) in [6.07, 6.45) is 5.92. The van der Waals surface area contributed by atoms with Gasteiger partial charge in [0.25, 0.3) is 0 Å². The van der Waals surface area contributed by atoms with E-state index in [1.54, 1.807) is 0 Å². The Kier molecular flexibility index (Phi) is 4.44. The lowest BCUT2D eigenvalue weighted by molar-refractivity contribution is -0.122. The van der Waals surface area contributed by atoms with Crippen LogP contribution in [0.3, 0.4) is 0 Å². The summed E-state index contributed by atoms with van der Waals surface area (Å²) in [4.78, 5) is 12.1. The lowest BCUT2D eigenvalue weighted by Gasteiger charge is -2.09. The highest BCUT2D eigenvalue weighted by Gasteiger charge is 2.23. The molecule has 0 atom stereocenters. The van der Waals surface area contributed by atoms with Crippen molar-refractivity contribution in [2.24, 2.45) is 5.92 Å². The van der Waals surface area contributed by atoms with E-state index in [1.165, 1.54) is 12.8 Å². The molecule has 0 radical (unpaired) electrons. The number of carbonyl (C=O) groups excluding carboxylic acids is 1. The molecule has 1 saturated carbocycles. The van der Waals surface area contributed by atoms with Gasteiger partial charge in [-0.1, -0.05) is 24.4 Å². The first-order chi connectivity index (χ1) is 8.63. The van der Waals surface area contributed by atoms with E-state index in [0.717, 1.165) is 42.2 Å². The number of hydrogen-bond acceptors (Lipinski definition) is 2. The third kappa shape index (κ3) is 2.77. The van der Waals surface area contributed by atoms with Gasteiger partial charge in [-0.2, -0.15) is 5.10 Å². The fourth-order valence-electron chi connectivity index (χ4n) is 2.80. The number of aryl methyl sites for hydroxylation is 2. The maximum Gasteiger partial charge on any atom is 0.136 e. The van der Waals surface area contributed by atoms with Gasteiger partial charge in [0.1, 0.15) is 5.78 Å². The van der Waals surface area contributed by atoms with Crippen LogP contribution in [0.1, 0.15) is 50.4 Å². The summed E-state index contributed by atoms with van der Waals surface area (Å²) in [5.74, 6) is 0.716. The molecule has 1 heterocycles. The number of carbonyl (C=O) groups is 1. The van der Waals surface area contributed by atoms with Crippen molar-refractivity contribution in [3.8, 4) is 0 Å². The molecule has 18 heavy (non-hydrogen) atoms. The summed E-state index contributed by atoms with van der Waals surface area (Å²) in [5.41, 5.74) is 1.88. The molecule has 2 rings (SSSR count). The van der Waals surface area contributed by atoms with Crippen LogP contribution in [0.15, 0.2) is 0 Å². The number of nitrogens with zero attached hydrogens (tertiary/aromatic N) is 2. The molecule has 1 fully saturated rings. The smallest absolute Gasteiger partial charge is 0.136 e. The van der Waals surface area contributed by atoms with E-state index in [9.17, 15) is 4.79 Å². The van der Waals surface area contributed by atoms with Gasteiger partial charge in [-0.25, -0.2) is 0 Å². The number of Topliss-reactive ketones (excluding diaryl/α,β-unsaturated/α-hetero) is 1. The van der Waals surface area contributed by atoms with Crippen LogP contribution in [-0.2, 0) is 17.8 Å². The standard InChI is InChI=1S/C14H21ClN2O/c1-3-17-12(14(15)10(2)16-17)8-9-13(18)11-6-4-5-7-11/h11H,3-9H2,1-2H3. The van der Waals surface area contributed by atoms with Crippen molar-refractivity contribution in [2.75, 3.05) is 0 Å². The Labute approximate surface area is 114 Å². The van der Waals surface area contributed by atoms with Crippen LogP contribution in [0.4, 0.5) is 0 Å². The average molecular weight is 269 g/mol. The average Bonchev–Trinajstić information content (AvgIpc) is 2.97. The molecule has 1 aliphatic rings. The third-order valence-corrected chi connectivity index (χ3v) is 4.36. The van der Waals surface area contributed by atoms with Gasteiger partial charge < -0.3 is 0 Å². The summed E-state index contributed by atoms with van der Waals surface area (Å²) in [7, 11) is 0. The second kappa shape index (κ2) is 5.87. The molecule has 0 bridgehead atoms. The van der Waals surface area contributed by atoms with E-state index in [-0.39, 0.29) is 0 Å². The Morgan fingerprint density at radius 1 is 1.44 bits per heavy atom. The highest BCUT2D eigenvalue weighted by atomic mass is 35.5. The highest BCUT2D eigenvalue weighted by molar-refractivity contribution is 6.31. The molecule has 1 aromatic heterocycles. The summed E-state index contributed by atoms with van der Waals surface area (Å²) in [5, 5.41) is 5.11. The number of hydrogen-bond donors (Lipinski definition) is 0. The summed E-state index contributed by atoms with van der Waals surface area (Å²) >= 11 is 6.24. The highest BCUT2D eigenvalue weighted by Crippen LogP contribution is 2.28. The first kappa shape index (κ1) is 13.6. The Morgan fingerprint density at radius 2 is 2.11 bits per heavy atom. The van der Waals surface area contributed by atoms with Crippen molar-refractivity contribution in [1.82, 2.24) is 9.78 Å². The largest absolute Gasteiger partial charge is 0.299 e. The molecule has 0 saturated heterocycles. The fourth-order valence-corrected chi connectivity index (χ4v) is 3.03. The monoisotopic (exact) mass is 268 g/mol. The molecule has 0 aliphatic heterocycles. The van der Waals surface area contributed by atoms with Crippen molar-refractivity contribution in [3.63, 3.8) is 0 Å². The predicted octanol–water partition coefficient (Wildman–Crippen LogP) is 3.56. The molecule has 0 spiro atoms. The van der Waals surface area contributed by atoms with Crippen LogP contribution in [0.25, 0.3) is 0 Å². The van der Waals surface area contributed by atoms with E-state index >= 15 is 0 Å². The van der Waals surface area contributed by atoms with Crippen LogP contribution in [0.2, 0.25) is 5.02 Å². The molecule has 3 nitrogen and oxygen atoms in total. The summed E-state index contributed by atoms with van der Waals surface area (Å²) in [6, 6.07) is 0. The van der Waals surface area contributed by atoms with Crippen molar-refractivity contribution < 1.29 is 4.79 Å². The van der Waals surface area contributed by atoms with Crippen LogP contribution in [0, 0.1) is 12.8 Å². The topological polar surface area (TPSA) is 34.9 Å². The third-order valence-electron chi connectivity index (χ3n) is 3.87. The molecule has 0 aromatic carbocycles. The van der Waals surface area contributed by atoms with Crippen molar-refractivity contribution in [2.45, 2.75) is 58.9 Å². The number of ketones is 1. The summed E-state index contributed by atoms with van der Waals surface area (Å²) in [6.45, 7) is 4.77. The fraction of sp³-hybridized carbons (Fsp3) is 0.714. The first-order valence-electron chi connectivity index (χ1n) is 6.88. The lowest BCUT2D eigenvalue weighted by atomic mass is 9.98. The second-order valence-corrected chi connectivity index (χ2v) is 5.49. The van der Waals surface area contributed by atoms with Gasteiger partial charge >= 0.3 is 0 Å². The van der Waals surface area contributed by atoms with Gasteiger partial charge in [0.2, 0.25) is 0 Å². The minimum absolute atomic E-state index is 0.308. The molecule has 0 N–H and O–H groups in total. The summed E-state index contributed by atoms with van der Waals surface area (Å²) < 4.78 is 1.92. The quantitative estimate of drug-likeness (QED) is 0.818. The lowest BCUT2D eigenvalue weighted by Crippen LogP contribution is -2.13. The Balaban J connectivity index is 1.99. The van der Waals surface area contributed by atoms with Crippen molar-refractivity contribution in [3.05, 3.63) is 16.4 Å². The number of rotatable bonds is 5. The number of halogens is 1. The van der Waals surface area contributed by atoms with Gasteiger partial charge in [-0.3, -0.25) is 9.48 Å². The SMILES string of the molecule is CCn1nc(C)c(Cl)c1CCC(=O)C1CCCC1. The molecule has 4 heteroatoms. The molecular formula is C14H21ClN2O. The maximum atomic E-state index is 12.1. The van der Waals surface area contributed by atoms with Gasteiger partial charge in [-0.15, -0.1) is 0 Å². The van der Waals surface area contributed by atoms with Gasteiger partial charge in [0, 0.05) is 18.9 Å². The van der Waals surface area contributed by atoms with Crippen molar-refractivity contribution >= 4 is 17.4 Å². The van der Waals surface area contributed by atoms with E-state index < -0.39 is 0 Å². The van der Waals surface area contributed by atoms with E-state index in [0.29, 0.717) is 18.1 Å². The Hall–Kier alpha value is -0.830. The molecule has 100 valence electrons. The maximum absolute atomic E-state index is 12.1. The molecule has 0 unspecified atom stereocenters. The van der Waals surface area contributed by atoms with Gasteiger partial charge in [-0.05, 0) is 33.1 Å². The van der Waals surface area contributed by atoms with E-state index in [2.05, 4.69) is 5.10 Å². The van der Waals surface area contributed by atoms with Gasteiger partial charge in [0.05, 0.1) is 16.4 Å². The minimum Gasteiger partial charge on any atom is -0.299 e. The second-order valence-electron chi connectivity index (χ2n) is 5.11.